The minimum atomic E-state index is -3.49. The molecule has 3 aromatic rings. The Morgan fingerprint density at radius 2 is 1.66 bits per heavy atom. The molecule has 2 saturated heterocycles. The molecule has 1 N–H and O–H groups in total. The van der Waals surface area contributed by atoms with Gasteiger partial charge in [0.25, 0.3) is 6.43 Å². The van der Waals surface area contributed by atoms with Crippen molar-refractivity contribution in [3.05, 3.63) is 24.0 Å². The molecule has 0 radical (unpaired) electrons. The van der Waals surface area contributed by atoms with Crippen molar-refractivity contribution in [3.8, 4) is 11.7 Å². The molecule has 0 aliphatic carbocycles. The fourth-order valence-electron chi connectivity index (χ4n) is 5.00. The first kappa shape index (κ1) is 29.3. The number of benzene rings is 1. The number of fused-ring (bicyclic) bond motifs is 1. The summed E-state index contributed by atoms with van der Waals surface area (Å²) in [5, 5.41) is -0.545. The largest absolute Gasteiger partial charge is 0.494 e. The molecule has 41 heavy (non-hydrogen) atoms. The van der Waals surface area contributed by atoms with Crippen LogP contribution in [0.3, 0.4) is 0 Å². The molecule has 1 aromatic carbocycles. The number of nitrogens with zero attached hydrogens (tertiary/aromatic N) is 8. The highest BCUT2D eigenvalue weighted by Gasteiger charge is 2.32. The fraction of sp³-hybridized carbons (Fsp3) is 0.600. The highest BCUT2D eigenvalue weighted by atomic mass is 32.2. The zero-order valence-corrected chi connectivity index (χ0v) is 24.1. The molecule has 0 saturated carbocycles. The second-order valence-electron chi connectivity index (χ2n) is 10.2. The lowest BCUT2D eigenvalue weighted by Gasteiger charge is -2.33. The lowest BCUT2D eigenvalue weighted by Crippen LogP contribution is -2.45. The number of nitrogens with one attached hydrogen (secondary N) is 1. The summed E-state index contributed by atoms with van der Waals surface area (Å²) < 4.78 is 69.1. The number of imidazole rings is 1. The van der Waals surface area contributed by atoms with E-state index in [0.717, 1.165) is 0 Å². The number of hydrogen-bond acceptors (Lipinski definition) is 11. The van der Waals surface area contributed by atoms with Crippen LogP contribution in [0.15, 0.2) is 18.2 Å². The summed E-state index contributed by atoms with van der Waals surface area (Å²) in [6.45, 7) is 3.72. The van der Waals surface area contributed by atoms with Crippen molar-refractivity contribution in [2.75, 3.05) is 83.5 Å². The Morgan fingerprint density at radius 3 is 2.27 bits per heavy atom. The standard InChI is InChI=1S/C25H35F2N9O4S/c1-33(2)12-9-28-41(37,38)17-7-10-34(11-8-17)23-30-24(35-13-15-40-16-14-35)32-25(31-23)36-18-5-4-6-19(39-3)20(18)29-22(36)21(26)27/h4-6,17,21,28H,7-16H2,1-3H3. The van der Waals surface area contributed by atoms with Crippen LogP contribution >= 0.6 is 0 Å². The molecule has 0 unspecified atom stereocenters. The van der Waals surface area contributed by atoms with E-state index in [-0.39, 0.29) is 17.4 Å². The van der Waals surface area contributed by atoms with Gasteiger partial charge in [0, 0.05) is 39.3 Å². The smallest absolute Gasteiger partial charge is 0.296 e. The van der Waals surface area contributed by atoms with Gasteiger partial charge < -0.3 is 24.2 Å². The molecule has 4 heterocycles. The molecule has 2 fully saturated rings. The highest BCUT2D eigenvalue weighted by Crippen LogP contribution is 2.33. The van der Waals surface area contributed by atoms with Crippen LogP contribution in [0.25, 0.3) is 17.0 Å². The average Bonchev–Trinajstić information content (AvgIpc) is 3.38. The van der Waals surface area contributed by atoms with Crippen LogP contribution in [0, 0.1) is 0 Å². The van der Waals surface area contributed by atoms with Crippen molar-refractivity contribution >= 4 is 33.0 Å². The second-order valence-corrected chi connectivity index (χ2v) is 12.2. The minimum absolute atomic E-state index is 0.00245. The van der Waals surface area contributed by atoms with Gasteiger partial charge in [0.05, 0.1) is 31.1 Å². The molecular weight excluding hydrogens is 560 g/mol. The van der Waals surface area contributed by atoms with Crippen molar-refractivity contribution in [3.63, 3.8) is 0 Å². The Labute approximate surface area is 237 Å². The Hall–Kier alpha value is -3.21. The Kier molecular flexibility index (Phi) is 8.82. The van der Waals surface area contributed by atoms with Crippen molar-refractivity contribution in [1.82, 2.24) is 34.1 Å². The van der Waals surface area contributed by atoms with Gasteiger partial charge in [-0.25, -0.2) is 26.9 Å². The number of aromatic nitrogens is 5. The van der Waals surface area contributed by atoms with Crippen LogP contribution in [0.1, 0.15) is 25.1 Å². The lowest BCUT2D eigenvalue weighted by atomic mass is 10.1. The molecule has 13 nitrogen and oxygen atoms in total. The summed E-state index contributed by atoms with van der Waals surface area (Å²) in [5.41, 5.74) is 0.645. The van der Waals surface area contributed by atoms with Gasteiger partial charge in [-0.2, -0.15) is 15.0 Å². The molecule has 224 valence electrons. The van der Waals surface area contributed by atoms with Gasteiger partial charge in [0.15, 0.2) is 5.82 Å². The minimum Gasteiger partial charge on any atom is -0.494 e. The summed E-state index contributed by atoms with van der Waals surface area (Å²) in [6.07, 6.45) is -2.16. The van der Waals surface area contributed by atoms with E-state index in [4.69, 9.17) is 14.5 Å². The number of likely N-dealkylation sites (N-methyl/N-ethyl adjacent to an activating group) is 1. The van der Waals surface area contributed by atoms with Gasteiger partial charge in [0.2, 0.25) is 27.9 Å². The molecule has 0 atom stereocenters. The molecular formula is C25H35F2N9O4S. The van der Waals surface area contributed by atoms with E-state index in [2.05, 4.69) is 19.7 Å². The predicted octanol–water partition coefficient (Wildman–Crippen LogP) is 1.44. The normalized spacial score (nSPS) is 17.2. The molecule has 2 aliphatic heterocycles. The van der Waals surface area contributed by atoms with Gasteiger partial charge >= 0.3 is 0 Å². The summed E-state index contributed by atoms with van der Waals surface area (Å²) >= 11 is 0. The van der Waals surface area contributed by atoms with E-state index in [1.54, 1.807) is 18.2 Å². The van der Waals surface area contributed by atoms with Gasteiger partial charge in [-0.3, -0.25) is 4.57 Å². The number of para-hydroxylation sites is 1. The van der Waals surface area contributed by atoms with Crippen LogP contribution in [0.4, 0.5) is 20.7 Å². The number of morpholine rings is 1. The number of sulfonamides is 1. The maximum atomic E-state index is 14.3. The van der Waals surface area contributed by atoms with Crippen LogP contribution in [-0.4, -0.2) is 117 Å². The molecule has 5 rings (SSSR count). The van der Waals surface area contributed by atoms with E-state index in [0.29, 0.717) is 82.5 Å². The fourth-order valence-corrected chi connectivity index (χ4v) is 6.44. The van der Waals surface area contributed by atoms with Crippen LogP contribution in [-0.2, 0) is 14.8 Å². The van der Waals surface area contributed by atoms with Crippen molar-refractivity contribution in [2.45, 2.75) is 24.5 Å². The van der Waals surface area contributed by atoms with Gasteiger partial charge in [-0.15, -0.1) is 0 Å². The monoisotopic (exact) mass is 595 g/mol. The quantitative estimate of drug-likeness (QED) is 0.365. The number of rotatable bonds is 10. The number of hydrogen-bond donors (Lipinski definition) is 1. The molecule has 0 bridgehead atoms. The third-order valence-corrected chi connectivity index (χ3v) is 9.16. The second kappa shape index (κ2) is 12.3. The summed E-state index contributed by atoms with van der Waals surface area (Å²) in [5.74, 6) is 0.468. The van der Waals surface area contributed by atoms with Crippen LogP contribution in [0.5, 0.6) is 5.75 Å². The number of piperidine rings is 1. The molecule has 16 heteroatoms. The van der Waals surface area contributed by atoms with E-state index < -0.39 is 27.5 Å². The summed E-state index contributed by atoms with van der Waals surface area (Å²) in [7, 11) is 1.73. The summed E-state index contributed by atoms with van der Waals surface area (Å²) in [6, 6.07) is 5.01. The number of alkyl halides is 2. The SMILES string of the molecule is COc1cccc2c1nc(C(F)F)n2-c1nc(N2CCOCC2)nc(N2CCC(S(=O)(=O)NCCN(C)C)CC2)n1. The highest BCUT2D eigenvalue weighted by molar-refractivity contribution is 7.90. The average molecular weight is 596 g/mol. The number of ether oxygens (including phenoxy) is 2. The first-order chi connectivity index (χ1) is 19.7. The first-order valence-electron chi connectivity index (χ1n) is 13.5. The van der Waals surface area contributed by atoms with Gasteiger partial charge in [-0.05, 0) is 39.1 Å². The Balaban J connectivity index is 1.49. The van der Waals surface area contributed by atoms with E-state index >= 15 is 0 Å². The number of anilines is 2. The van der Waals surface area contributed by atoms with Gasteiger partial charge in [0.1, 0.15) is 11.3 Å². The number of halogens is 2. The van der Waals surface area contributed by atoms with Crippen molar-refractivity contribution < 1.29 is 26.7 Å². The maximum absolute atomic E-state index is 14.3. The molecule has 0 amide bonds. The van der Waals surface area contributed by atoms with Gasteiger partial charge in [-0.1, -0.05) is 6.07 Å². The molecule has 2 aliphatic rings. The Bertz CT molecular complexity index is 1460. The summed E-state index contributed by atoms with van der Waals surface area (Å²) in [4.78, 5) is 23.8. The van der Waals surface area contributed by atoms with Crippen LogP contribution in [0.2, 0.25) is 0 Å². The predicted molar refractivity (Wildman–Crippen MR) is 150 cm³/mol. The zero-order valence-electron chi connectivity index (χ0n) is 23.3. The maximum Gasteiger partial charge on any atom is 0.296 e. The topological polar surface area (TPSA) is 131 Å². The van der Waals surface area contributed by atoms with E-state index in [9.17, 15) is 17.2 Å². The number of methoxy groups -OCH3 is 1. The van der Waals surface area contributed by atoms with Crippen molar-refractivity contribution in [2.24, 2.45) is 0 Å². The first-order valence-corrected chi connectivity index (χ1v) is 15.0. The zero-order chi connectivity index (χ0) is 29.1. The molecule has 2 aromatic heterocycles. The Morgan fingerprint density at radius 1 is 1.02 bits per heavy atom. The van der Waals surface area contributed by atoms with E-state index in [1.807, 2.05) is 28.8 Å². The molecule has 0 spiro atoms. The van der Waals surface area contributed by atoms with E-state index in [1.165, 1.54) is 11.7 Å². The third kappa shape index (κ3) is 6.34. The van der Waals surface area contributed by atoms with Crippen molar-refractivity contribution in [1.29, 1.82) is 0 Å². The van der Waals surface area contributed by atoms with Crippen LogP contribution < -0.4 is 19.3 Å². The third-order valence-electron chi connectivity index (χ3n) is 7.21. The lowest BCUT2D eigenvalue weighted by molar-refractivity contribution is 0.122.